The molecule has 2 atom stereocenters. The van der Waals surface area contributed by atoms with E-state index in [1.54, 1.807) is 56.1 Å². The normalized spacial score (nSPS) is 17.7. The minimum atomic E-state index is -1.11. The molecule has 248 valence electrons. The van der Waals surface area contributed by atoms with E-state index in [0.717, 1.165) is 12.8 Å². The third-order valence-corrected chi connectivity index (χ3v) is 7.90. The van der Waals surface area contributed by atoms with Gasteiger partial charge in [0.05, 0.1) is 18.8 Å². The number of carbonyl (C=O) groups is 3. The van der Waals surface area contributed by atoms with E-state index >= 15 is 4.39 Å². The molecule has 1 N–H and O–H groups in total. The van der Waals surface area contributed by atoms with Crippen molar-refractivity contribution in [3.05, 3.63) is 47.9 Å². The van der Waals surface area contributed by atoms with Crippen LogP contribution in [-0.4, -0.2) is 82.9 Å². The van der Waals surface area contributed by atoms with Gasteiger partial charge in [-0.15, -0.1) is 0 Å². The van der Waals surface area contributed by atoms with Crippen molar-refractivity contribution in [2.45, 2.75) is 90.5 Å². The molecular formula is C34H44FN5O6. The maximum Gasteiger partial charge on any atom is 0.410 e. The molecule has 2 aliphatic rings. The van der Waals surface area contributed by atoms with Gasteiger partial charge < -0.3 is 29.3 Å². The number of nitriles is 1. The molecule has 46 heavy (non-hydrogen) atoms. The lowest BCUT2D eigenvalue weighted by molar-refractivity contribution is -0.133. The van der Waals surface area contributed by atoms with E-state index in [4.69, 9.17) is 14.2 Å². The van der Waals surface area contributed by atoms with Gasteiger partial charge in [-0.2, -0.15) is 5.26 Å². The number of carbonyl (C=O) groups excluding carboxylic acids is 3. The van der Waals surface area contributed by atoms with Crippen molar-refractivity contribution in [2.24, 2.45) is 5.92 Å². The van der Waals surface area contributed by atoms with Crippen LogP contribution in [0.5, 0.6) is 5.88 Å². The van der Waals surface area contributed by atoms with Crippen molar-refractivity contribution in [2.75, 3.05) is 26.2 Å². The van der Waals surface area contributed by atoms with Gasteiger partial charge in [0.2, 0.25) is 11.8 Å². The van der Waals surface area contributed by atoms with Crippen LogP contribution in [-0.2, 0) is 20.7 Å². The molecule has 2 unspecified atom stereocenters. The second kappa shape index (κ2) is 15.3. The van der Waals surface area contributed by atoms with Gasteiger partial charge in [0.1, 0.15) is 23.5 Å². The van der Waals surface area contributed by atoms with Crippen molar-refractivity contribution in [3.8, 4) is 23.1 Å². The standard InChI is InChI=1S/C34H44FN5O6/c1-22(2)45-33(43)39-15-12-23(13-16-39)21-44-30-11-10-26(20-37-30)24-8-9-25(28(35)17-24)18-29(38-32(42)46-34(3,4)5)31(41)40-14-6-7-27(40)19-36/h8-11,17,20,22-23,27,29H,6-7,12-16,18,21H2,1-5H3,(H,38,42). The lowest BCUT2D eigenvalue weighted by atomic mass is 9.98. The fourth-order valence-electron chi connectivity index (χ4n) is 5.53. The van der Waals surface area contributed by atoms with Crippen LogP contribution < -0.4 is 10.1 Å². The summed E-state index contributed by atoms with van der Waals surface area (Å²) in [5.41, 5.74) is 0.725. The number of rotatable bonds is 9. The van der Waals surface area contributed by atoms with Gasteiger partial charge in [-0.1, -0.05) is 12.1 Å². The summed E-state index contributed by atoms with van der Waals surface area (Å²) in [4.78, 5) is 45.7. The molecule has 1 aromatic carbocycles. The van der Waals surface area contributed by atoms with Crippen molar-refractivity contribution in [1.29, 1.82) is 5.26 Å². The summed E-state index contributed by atoms with van der Waals surface area (Å²) in [5.74, 6) is -0.238. The lowest BCUT2D eigenvalue weighted by Gasteiger charge is -2.31. The van der Waals surface area contributed by atoms with Gasteiger partial charge in [0, 0.05) is 43.9 Å². The topological polar surface area (TPSA) is 134 Å². The van der Waals surface area contributed by atoms with E-state index in [0.29, 0.717) is 62.0 Å². The van der Waals surface area contributed by atoms with E-state index in [-0.39, 0.29) is 24.2 Å². The first-order valence-corrected chi connectivity index (χ1v) is 15.9. The van der Waals surface area contributed by atoms with E-state index in [1.807, 2.05) is 13.8 Å². The summed E-state index contributed by atoms with van der Waals surface area (Å²) in [6.45, 7) is 10.9. The number of aromatic nitrogens is 1. The maximum absolute atomic E-state index is 15.4. The highest BCUT2D eigenvalue weighted by atomic mass is 19.1. The number of alkyl carbamates (subject to hydrolysis) is 1. The van der Waals surface area contributed by atoms with Crippen LogP contribution in [0.15, 0.2) is 36.5 Å². The largest absolute Gasteiger partial charge is 0.477 e. The number of piperidine rings is 1. The number of nitrogens with zero attached hydrogens (tertiary/aromatic N) is 4. The second-order valence-corrected chi connectivity index (χ2v) is 13.1. The van der Waals surface area contributed by atoms with Crippen molar-refractivity contribution < 1.29 is 33.0 Å². The number of pyridine rings is 1. The van der Waals surface area contributed by atoms with Crippen LogP contribution in [0.3, 0.4) is 0 Å². The zero-order valence-corrected chi connectivity index (χ0v) is 27.3. The SMILES string of the molecule is CC(C)OC(=O)N1CCC(COc2ccc(-c3ccc(CC(NC(=O)OC(C)(C)C)C(=O)N4CCCC4C#N)c(F)c3)cn2)CC1. The van der Waals surface area contributed by atoms with E-state index in [2.05, 4.69) is 16.4 Å². The van der Waals surface area contributed by atoms with Crippen LogP contribution in [0.1, 0.15) is 65.9 Å². The fraction of sp³-hybridized carbons (Fsp3) is 0.559. The van der Waals surface area contributed by atoms with E-state index < -0.39 is 35.5 Å². The summed E-state index contributed by atoms with van der Waals surface area (Å²) < 4.78 is 32.0. The lowest BCUT2D eigenvalue weighted by Crippen LogP contribution is -2.51. The first-order valence-electron chi connectivity index (χ1n) is 15.9. The Balaban J connectivity index is 1.37. The molecule has 2 aromatic rings. The van der Waals surface area contributed by atoms with Gasteiger partial charge in [0.15, 0.2) is 0 Å². The molecule has 3 amide bonds. The molecule has 0 aliphatic carbocycles. The Hall–Kier alpha value is -4.40. The molecule has 11 nitrogen and oxygen atoms in total. The summed E-state index contributed by atoms with van der Waals surface area (Å²) >= 11 is 0. The van der Waals surface area contributed by atoms with Gasteiger partial charge in [-0.3, -0.25) is 4.79 Å². The minimum Gasteiger partial charge on any atom is -0.477 e. The summed E-state index contributed by atoms with van der Waals surface area (Å²) in [6.07, 6.45) is 3.15. The Kier molecular flexibility index (Phi) is 11.4. The predicted molar refractivity (Wildman–Crippen MR) is 168 cm³/mol. The van der Waals surface area contributed by atoms with Crippen molar-refractivity contribution in [1.82, 2.24) is 20.1 Å². The van der Waals surface area contributed by atoms with Crippen LogP contribution in [0.4, 0.5) is 14.0 Å². The molecular weight excluding hydrogens is 593 g/mol. The Morgan fingerprint density at radius 3 is 2.41 bits per heavy atom. The summed E-state index contributed by atoms with van der Waals surface area (Å²) in [5, 5.41) is 12.1. The van der Waals surface area contributed by atoms with Crippen LogP contribution in [0.25, 0.3) is 11.1 Å². The molecule has 1 aromatic heterocycles. The Morgan fingerprint density at radius 2 is 1.80 bits per heavy atom. The number of benzene rings is 1. The third kappa shape index (κ3) is 9.55. The van der Waals surface area contributed by atoms with Crippen molar-refractivity contribution in [3.63, 3.8) is 0 Å². The molecule has 2 fully saturated rings. The first-order chi connectivity index (χ1) is 21.8. The predicted octanol–water partition coefficient (Wildman–Crippen LogP) is 5.47. The number of likely N-dealkylation sites (tertiary alicyclic amines) is 2. The van der Waals surface area contributed by atoms with Gasteiger partial charge >= 0.3 is 12.2 Å². The average molecular weight is 638 g/mol. The Labute approximate surface area is 270 Å². The molecule has 2 saturated heterocycles. The molecule has 0 saturated carbocycles. The highest BCUT2D eigenvalue weighted by Crippen LogP contribution is 2.26. The van der Waals surface area contributed by atoms with Gasteiger partial charge in [0.25, 0.3) is 0 Å². The molecule has 2 aliphatic heterocycles. The van der Waals surface area contributed by atoms with Crippen molar-refractivity contribution >= 4 is 18.1 Å². The van der Waals surface area contributed by atoms with Crippen LogP contribution in [0, 0.1) is 23.1 Å². The zero-order valence-electron chi connectivity index (χ0n) is 27.3. The Bertz CT molecular complexity index is 1410. The number of amides is 3. The molecule has 4 rings (SSSR count). The smallest absolute Gasteiger partial charge is 0.410 e. The van der Waals surface area contributed by atoms with E-state index in [9.17, 15) is 19.6 Å². The van der Waals surface area contributed by atoms with Crippen LogP contribution in [0.2, 0.25) is 0 Å². The maximum atomic E-state index is 15.4. The highest BCUT2D eigenvalue weighted by Gasteiger charge is 2.35. The van der Waals surface area contributed by atoms with Gasteiger partial charge in [-0.05, 0) is 89.5 Å². The quantitative estimate of drug-likeness (QED) is 0.383. The molecule has 0 bridgehead atoms. The van der Waals surface area contributed by atoms with E-state index in [1.165, 1.54) is 11.0 Å². The monoisotopic (exact) mass is 637 g/mol. The minimum absolute atomic E-state index is 0.109. The number of hydrogen-bond donors (Lipinski definition) is 1. The molecule has 0 spiro atoms. The van der Waals surface area contributed by atoms with Gasteiger partial charge in [-0.25, -0.2) is 19.0 Å². The molecule has 3 heterocycles. The average Bonchev–Trinajstić information content (AvgIpc) is 3.48. The molecule has 0 radical (unpaired) electrons. The summed E-state index contributed by atoms with van der Waals surface area (Å²) in [7, 11) is 0. The third-order valence-electron chi connectivity index (χ3n) is 7.90. The number of ether oxygens (including phenoxy) is 3. The first kappa shape index (κ1) is 34.5. The van der Waals surface area contributed by atoms with Crippen LogP contribution >= 0.6 is 0 Å². The molecule has 12 heteroatoms. The number of halogens is 1. The fourth-order valence-corrected chi connectivity index (χ4v) is 5.53. The number of nitrogens with one attached hydrogen (secondary N) is 1. The second-order valence-electron chi connectivity index (χ2n) is 13.1. The summed E-state index contributed by atoms with van der Waals surface area (Å²) in [6, 6.07) is 8.66. The Morgan fingerprint density at radius 1 is 1.09 bits per heavy atom. The zero-order chi connectivity index (χ0) is 33.4. The highest BCUT2D eigenvalue weighted by molar-refractivity contribution is 5.87. The number of hydrogen-bond acceptors (Lipinski definition) is 8.